The number of hydrogen-bond donors (Lipinski definition) is 3. The van der Waals surface area contributed by atoms with Gasteiger partial charge in [0.2, 0.25) is 0 Å². The van der Waals surface area contributed by atoms with E-state index >= 15 is 0 Å². The zero-order valence-corrected chi connectivity index (χ0v) is 14.9. The van der Waals surface area contributed by atoms with E-state index in [1.54, 1.807) is 6.08 Å². The number of carbonyl (C=O) groups excluding carboxylic acids is 1. The second-order valence-electron chi connectivity index (χ2n) is 6.09. The average molecular weight is 434 g/mol. The number of aromatic carboxylic acids is 1. The number of hydrogen-bond acceptors (Lipinski definition) is 2. The van der Waals surface area contributed by atoms with Crippen LogP contribution in [0.4, 0.5) is 5.69 Å². The lowest BCUT2D eigenvalue weighted by Gasteiger charge is -2.10. The summed E-state index contributed by atoms with van der Waals surface area (Å²) in [6.07, 6.45) is 5.38. The summed E-state index contributed by atoms with van der Waals surface area (Å²) in [4.78, 5) is 27.3. The van der Waals surface area contributed by atoms with Crippen molar-refractivity contribution in [2.24, 2.45) is 0 Å². The smallest absolute Gasteiger partial charge is 0.338 e. The number of amides is 1. The number of benzene rings is 1. The summed E-state index contributed by atoms with van der Waals surface area (Å²) < 4.78 is 1.03. The van der Waals surface area contributed by atoms with Gasteiger partial charge in [0.25, 0.3) is 5.91 Å². The summed E-state index contributed by atoms with van der Waals surface area (Å²) in [5.41, 5.74) is 4.80. The molecule has 0 bridgehead atoms. The lowest BCUT2D eigenvalue weighted by Crippen LogP contribution is -2.07. The number of carboxylic acid groups (broad SMARTS) is 1. The number of nitrogens with one attached hydrogen (secondary N) is 2. The summed E-state index contributed by atoms with van der Waals surface area (Å²) in [5, 5.41) is 12.5. The van der Waals surface area contributed by atoms with Gasteiger partial charge < -0.3 is 15.4 Å². The van der Waals surface area contributed by atoms with Gasteiger partial charge in [-0.25, -0.2) is 4.79 Å². The standard InChI is InChI=1S/C18H15IN2O3/c19-9-5-6-14-11(7-9)12(17(22)21-14)8-15-16(18(23)24)10-3-1-2-4-13(10)20-15/h5-8,20H,1-4H2,(H,21,22)(H,23,24). The van der Waals surface area contributed by atoms with Crippen molar-refractivity contribution in [1.82, 2.24) is 4.98 Å². The normalized spacial score (nSPS) is 17.5. The van der Waals surface area contributed by atoms with Gasteiger partial charge in [0, 0.05) is 20.5 Å². The molecule has 0 saturated carbocycles. The molecule has 0 radical (unpaired) electrons. The first-order chi connectivity index (χ1) is 11.5. The van der Waals surface area contributed by atoms with Crippen LogP contribution in [0.15, 0.2) is 18.2 Å². The second kappa shape index (κ2) is 5.77. The summed E-state index contributed by atoms with van der Waals surface area (Å²) in [6, 6.07) is 5.73. The third-order valence-electron chi connectivity index (χ3n) is 4.59. The van der Waals surface area contributed by atoms with Gasteiger partial charge in [0.15, 0.2) is 0 Å². The fraction of sp³-hybridized carbons (Fsp3) is 0.222. The largest absolute Gasteiger partial charge is 0.478 e. The monoisotopic (exact) mass is 434 g/mol. The van der Waals surface area contributed by atoms with Crippen LogP contribution in [0.2, 0.25) is 0 Å². The van der Waals surface area contributed by atoms with E-state index in [0.29, 0.717) is 16.8 Å². The molecule has 1 aromatic carbocycles. The average Bonchev–Trinajstić information content (AvgIpc) is 3.06. The Morgan fingerprint density at radius 1 is 1.25 bits per heavy atom. The van der Waals surface area contributed by atoms with Crippen molar-refractivity contribution >= 4 is 51.8 Å². The number of fused-ring (bicyclic) bond motifs is 2. The van der Waals surface area contributed by atoms with Crippen LogP contribution < -0.4 is 5.32 Å². The summed E-state index contributed by atoms with van der Waals surface area (Å²) in [5.74, 6) is -1.14. The minimum Gasteiger partial charge on any atom is -0.478 e. The Hall–Kier alpha value is -2.09. The SMILES string of the molecule is O=C1Nc2ccc(I)cc2C1=Cc1[nH]c2c(c1C(=O)O)CCCC2. The van der Waals surface area contributed by atoms with E-state index in [1.807, 2.05) is 18.2 Å². The number of aromatic nitrogens is 1. The van der Waals surface area contributed by atoms with Gasteiger partial charge in [-0.3, -0.25) is 4.79 Å². The maximum Gasteiger partial charge on any atom is 0.338 e. The van der Waals surface area contributed by atoms with Crippen molar-refractivity contribution in [1.29, 1.82) is 0 Å². The second-order valence-corrected chi connectivity index (χ2v) is 7.33. The topological polar surface area (TPSA) is 82.2 Å². The summed E-state index contributed by atoms with van der Waals surface area (Å²) >= 11 is 2.20. The van der Waals surface area contributed by atoms with Crippen LogP contribution >= 0.6 is 22.6 Å². The van der Waals surface area contributed by atoms with Crippen molar-refractivity contribution in [3.05, 3.63) is 49.8 Å². The Morgan fingerprint density at radius 3 is 2.83 bits per heavy atom. The third-order valence-corrected chi connectivity index (χ3v) is 5.26. The molecule has 0 spiro atoms. The number of H-pyrrole nitrogens is 1. The Kier molecular flexibility index (Phi) is 3.71. The van der Waals surface area contributed by atoms with Gasteiger partial charge in [-0.2, -0.15) is 0 Å². The van der Waals surface area contributed by atoms with Gasteiger partial charge in [0.1, 0.15) is 0 Å². The number of carbonyl (C=O) groups is 2. The maximum atomic E-state index is 12.3. The Labute approximate surface area is 152 Å². The zero-order chi connectivity index (χ0) is 16.8. The van der Waals surface area contributed by atoms with E-state index in [4.69, 9.17) is 0 Å². The number of aromatic amines is 1. The lowest BCUT2D eigenvalue weighted by atomic mass is 9.94. The predicted molar refractivity (Wildman–Crippen MR) is 100 cm³/mol. The summed E-state index contributed by atoms with van der Waals surface area (Å²) in [7, 11) is 0. The number of halogens is 1. The molecule has 2 aromatic rings. The first-order valence-corrected chi connectivity index (χ1v) is 8.92. The van der Waals surface area contributed by atoms with Crippen LogP contribution in [0.5, 0.6) is 0 Å². The van der Waals surface area contributed by atoms with E-state index < -0.39 is 5.97 Å². The molecule has 0 saturated heterocycles. The first kappa shape index (κ1) is 15.4. The molecule has 1 aromatic heterocycles. The Bertz CT molecular complexity index is 911. The highest BCUT2D eigenvalue weighted by molar-refractivity contribution is 14.1. The first-order valence-electron chi connectivity index (χ1n) is 7.84. The quantitative estimate of drug-likeness (QED) is 0.498. The molecular formula is C18H15IN2O3. The Morgan fingerprint density at radius 2 is 2.04 bits per heavy atom. The fourth-order valence-corrected chi connectivity index (χ4v) is 4.00. The van der Waals surface area contributed by atoms with E-state index in [9.17, 15) is 14.7 Å². The third kappa shape index (κ3) is 2.45. The van der Waals surface area contributed by atoms with E-state index in [2.05, 4.69) is 32.9 Å². The van der Waals surface area contributed by atoms with Crippen molar-refractivity contribution in [3.8, 4) is 0 Å². The van der Waals surface area contributed by atoms with Crippen LogP contribution in [0.1, 0.15) is 45.7 Å². The highest BCUT2D eigenvalue weighted by atomic mass is 127. The molecule has 2 heterocycles. The maximum absolute atomic E-state index is 12.3. The highest BCUT2D eigenvalue weighted by Gasteiger charge is 2.28. The molecular weight excluding hydrogens is 419 g/mol. The van der Waals surface area contributed by atoms with Crippen molar-refractivity contribution in [2.75, 3.05) is 5.32 Å². The van der Waals surface area contributed by atoms with Gasteiger partial charge >= 0.3 is 5.97 Å². The molecule has 4 rings (SSSR count). The molecule has 2 aliphatic rings. The van der Waals surface area contributed by atoms with Crippen molar-refractivity contribution < 1.29 is 14.7 Å². The van der Waals surface area contributed by atoms with Gasteiger partial charge in [0.05, 0.1) is 16.8 Å². The molecule has 1 amide bonds. The van der Waals surface area contributed by atoms with Crippen LogP contribution in [-0.4, -0.2) is 22.0 Å². The van der Waals surface area contributed by atoms with Crippen LogP contribution in [0, 0.1) is 3.57 Å². The minimum atomic E-state index is -0.942. The van der Waals surface area contributed by atoms with Crippen molar-refractivity contribution in [2.45, 2.75) is 25.7 Å². The van der Waals surface area contributed by atoms with Gasteiger partial charge in [-0.05, 0) is 78.1 Å². The zero-order valence-electron chi connectivity index (χ0n) is 12.8. The minimum absolute atomic E-state index is 0.198. The predicted octanol–water partition coefficient (Wildman–Crippen LogP) is 3.69. The highest BCUT2D eigenvalue weighted by Crippen LogP contribution is 2.36. The van der Waals surface area contributed by atoms with E-state index in [-0.39, 0.29) is 5.91 Å². The van der Waals surface area contributed by atoms with Gasteiger partial charge in [-0.15, -0.1) is 0 Å². The molecule has 1 aliphatic heterocycles. The number of anilines is 1. The Balaban J connectivity index is 1.88. The lowest BCUT2D eigenvalue weighted by molar-refractivity contribution is -0.110. The summed E-state index contributed by atoms with van der Waals surface area (Å²) in [6.45, 7) is 0. The molecule has 0 atom stereocenters. The molecule has 3 N–H and O–H groups in total. The van der Waals surface area contributed by atoms with E-state index in [1.165, 1.54) is 0 Å². The van der Waals surface area contributed by atoms with Gasteiger partial charge in [-0.1, -0.05) is 0 Å². The van der Waals surface area contributed by atoms with Crippen LogP contribution in [0.3, 0.4) is 0 Å². The van der Waals surface area contributed by atoms with E-state index in [0.717, 1.165) is 51.8 Å². The molecule has 0 fully saturated rings. The molecule has 122 valence electrons. The molecule has 6 heteroatoms. The fourth-order valence-electron chi connectivity index (χ4n) is 3.51. The molecule has 5 nitrogen and oxygen atoms in total. The molecule has 24 heavy (non-hydrogen) atoms. The molecule has 1 aliphatic carbocycles. The van der Waals surface area contributed by atoms with Crippen molar-refractivity contribution in [3.63, 3.8) is 0 Å². The van der Waals surface area contributed by atoms with Crippen LogP contribution in [-0.2, 0) is 17.6 Å². The van der Waals surface area contributed by atoms with Crippen LogP contribution in [0.25, 0.3) is 11.6 Å². The number of carboxylic acids is 1. The number of aryl methyl sites for hydroxylation is 1. The molecule has 0 unspecified atom stereocenters. The number of rotatable bonds is 2.